The van der Waals surface area contributed by atoms with Crippen LogP contribution in [0.15, 0.2) is 42.0 Å². The molecule has 1 aliphatic carbocycles. The summed E-state index contributed by atoms with van der Waals surface area (Å²) in [5, 5.41) is 17.5. The molecule has 0 radical (unpaired) electrons. The van der Waals surface area contributed by atoms with Crippen molar-refractivity contribution in [3.8, 4) is 0 Å². The van der Waals surface area contributed by atoms with Gasteiger partial charge in [0.2, 0.25) is 0 Å². The second-order valence-corrected chi connectivity index (χ2v) is 6.65. The molecule has 0 bridgehead atoms. The van der Waals surface area contributed by atoms with Gasteiger partial charge in [0, 0.05) is 6.54 Å². The van der Waals surface area contributed by atoms with Crippen LogP contribution in [-0.2, 0) is 12.0 Å². The van der Waals surface area contributed by atoms with Gasteiger partial charge in [-0.15, -0.1) is 11.3 Å². The van der Waals surface area contributed by atoms with Crippen LogP contribution in [0.4, 0.5) is 5.82 Å². The summed E-state index contributed by atoms with van der Waals surface area (Å²) >= 11 is 1.60. The van der Waals surface area contributed by atoms with Crippen molar-refractivity contribution in [2.24, 2.45) is 0 Å². The third-order valence-electron chi connectivity index (χ3n) is 4.37. The average molecular weight is 311 g/mol. The van der Waals surface area contributed by atoms with Crippen molar-refractivity contribution >= 4 is 27.4 Å². The molecule has 0 spiro atoms. The van der Waals surface area contributed by atoms with E-state index in [0.29, 0.717) is 6.54 Å². The zero-order chi connectivity index (χ0) is 15.0. The normalized spacial score (nSPS) is 20.8. The molecule has 0 saturated heterocycles. The van der Waals surface area contributed by atoms with Gasteiger partial charge in [0.15, 0.2) is 0 Å². The summed E-state index contributed by atoms with van der Waals surface area (Å²) in [5.41, 5.74) is 1.47. The van der Waals surface area contributed by atoms with Crippen molar-refractivity contribution in [2.75, 3.05) is 11.9 Å². The molecule has 112 valence electrons. The van der Waals surface area contributed by atoms with Gasteiger partial charge in [0.25, 0.3) is 0 Å². The first-order valence-electron chi connectivity index (χ1n) is 7.49. The number of hydrogen-bond donors (Lipinski definition) is 2. The van der Waals surface area contributed by atoms with E-state index in [1.54, 1.807) is 17.7 Å². The first-order chi connectivity index (χ1) is 10.8. The first kappa shape index (κ1) is 13.7. The van der Waals surface area contributed by atoms with Gasteiger partial charge in [-0.1, -0.05) is 24.3 Å². The minimum absolute atomic E-state index is 0.464. The smallest absolute Gasteiger partial charge is 0.138 e. The number of fused-ring (bicyclic) bond motifs is 2. The third kappa shape index (κ3) is 2.26. The van der Waals surface area contributed by atoms with Crippen LogP contribution in [0.5, 0.6) is 0 Å². The molecular weight excluding hydrogens is 294 g/mol. The number of benzene rings is 1. The minimum atomic E-state index is -0.831. The summed E-state index contributed by atoms with van der Waals surface area (Å²) in [4.78, 5) is 9.54. The van der Waals surface area contributed by atoms with Gasteiger partial charge in [-0.2, -0.15) is 0 Å². The van der Waals surface area contributed by atoms with Crippen LogP contribution in [0.2, 0.25) is 0 Å². The number of aryl methyl sites for hydroxylation is 1. The van der Waals surface area contributed by atoms with Gasteiger partial charge in [-0.3, -0.25) is 0 Å². The van der Waals surface area contributed by atoms with Crippen molar-refractivity contribution < 1.29 is 5.11 Å². The summed E-state index contributed by atoms with van der Waals surface area (Å²) in [6.07, 6.45) is 4.39. The number of anilines is 1. The SMILES string of the molecule is OC1(CNc2ncnc3sccc23)CCCc2ccccc21. The largest absolute Gasteiger partial charge is 0.383 e. The lowest BCUT2D eigenvalue weighted by Gasteiger charge is -2.34. The van der Waals surface area contributed by atoms with Crippen LogP contribution in [0, 0.1) is 0 Å². The molecule has 3 aromatic rings. The molecule has 1 aromatic carbocycles. The van der Waals surface area contributed by atoms with E-state index >= 15 is 0 Å². The van der Waals surface area contributed by atoms with Gasteiger partial charge in [0.1, 0.15) is 22.6 Å². The minimum Gasteiger partial charge on any atom is -0.383 e. The molecule has 1 aliphatic rings. The van der Waals surface area contributed by atoms with Crippen molar-refractivity contribution in [1.29, 1.82) is 0 Å². The number of nitrogens with zero attached hydrogens (tertiary/aromatic N) is 2. The average Bonchev–Trinajstić information content (AvgIpc) is 3.03. The predicted octanol–water partition coefficient (Wildman–Crippen LogP) is 3.33. The van der Waals surface area contributed by atoms with E-state index in [0.717, 1.165) is 40.9 Å². The number of rotatable bonds is 3. The number of nitrogens with one attached hydrogen (secondary N) is 1. The fourth-order valence-electron chi connectivity index (χ4n) is 3.24. The Bertz CT molecular complexity index is 816. The van der Waals surface area contributed by atoms with Crippen LogP contribution in [0.1, 0.15) is 24.0 Å². The van der Waals surface area contributed by atoms with E-state index in [-0.39, 0.29) is 0 Å². The van der Waals surface area contributed by atoms with E-state index in [1.807, 2.05) is 29.6 Å². The Kier molecular flexibility index (Phi) is 3.32. The number of aromatic nitrogens is 2. The Hall–Kier alpha value is -1.98. The Labute approximate surface area is 132 Å². The highest BCUT2D eigenvalue weighted by molar-refractivity contribution is 7.16. The standard InChI is InChI=1S/C17H17N3OS/c21-17(8-3-5-12-4-1-2-6-14(12)17)10-18-15-13-7-9-22-16(13)20-11-19-15/h1-2,4,6-7,9,11,21H,3,5,8,10H2,(H,18,19,20). The monoisotopic (exact) mass is 311 g/mol. The lowest BCUT2D eigenvalue weighted by atomic mass is 9.79. The molecule has 0 amide bonds. The van der Waals surface area contributed by atoms with E-state index in [4.69, 9.17) is 0 Å². The van der Waals surface area contributed by atoms with Gasteiger partial charge < -0.3 is 10.4 Å². The third-order valence-corrected chi connectivity index (χ3v) is 5.19. The first-order valence-corrected chi connectivity index (χ1v) is 8.37. The van der Waals surface area contributed by atoms with Gasteiger partial charge >= 0.3 is 0 Å². The maximum atomic E-state index is 11.1. The highest BCUT2D eigenvalue weighted by Crippen LogP contribution is 2.35. The molecule has 2 N–H and O–H groups in total. The summed E-state index contributed by atoms with van der Waals surface area (Å²) in [5.74, 6) is 0.794. The summed E-state index contributed by atoms with van der Waals surface area (Å²) in [6.45, 7) is 0.464. The Morgan fingerprint density at radius 3 is 3.09 bits per heavy atom. The summed E-state index contributed by atoms with van der Waals surface area (Å²) in [7, 11) is 0. The highest BCUT2D eigenvalue weighted by Gasteiger charge is 2.34. The molecule has 0 aliphatic heterocycles. The highest BCUT2D eigenvalue weighted by atomic mass is 32.1. The predicted molar refractivity (Wildman–Crippen MR) is 89.2 cm³/mol. The van der Waals surface area contributed by atoms with Gasteiger partial charge in [-0.05, 0) is 41.8 Å². The molecule has 2 aromatic heterocycles. The Morgan fingerprint density at radius 1 is 1.23 bits per heavy atom. The van der Waals surface area contributed by atoms with E-state index in [2.05, 4.69) is 21.4 Å². The van der Waals surface area contributed by atoms with Crippen LogP contribution < -0.4 is 5.32 Å². The molecule has 1 unspecified atom stereocenters. The molecule has 1 atom stereocenters. The zero-order valence-electron chi connectivity index (χ0n) is 12.1. The van der Waals surface area contributed by atoms with Crippen molar-refractivity contribution in [1.82, 2.24) is 9.97 Å². The van der Waals surface area contributed by atoms with E-state index in [9.17, 15) is 5.11 Å². The topological polar surface area (TPSA) is 58.0 Å². The molecular formula is C17H17N3OS. The van der Waals surface area contributed by atoms with Crippen molar-refractivity contribution in [3.05, 3.63) is 53.2 Å². The van der Waals surface area contributed by atoms with Crippen LogP contribution in [-0.4, -0.2) is 21.6 Å². The van der Waals surface area contributed by atoms with Crippen LogP contribution in [0.25, 0.3) is 10.2 Å². The van der Waals surface area contributed by atoms with E-state index < -0.39 is 5.60 Å². The fourth-order valence-corrected chi connectivity index (χ4v) is 3.98. The fraction of sp³-hybridized carbons (Fsp3) is 0.294. The second-order valence-electron chi connectivity index (χ2n) is 5.76. The molecule has 0 fully saturated rings. The number of hydrogen-bond acceptors (Lipinski definition) is 5. The molecule has 22 heavy (non-hydrogen) atoms. The van der Waals surface area contributed by atoms with Crippen LogP contribution in [0.3, 0.4) is 0 Å². The maximum absolute atomic E-state index is 11.1. The van der Waals surface area contributed by atoms with Gasteiger partial charge in [-0.25, -0.2) is 9.97 Å². The maximum Gasteiger partial charge on any atom is 0.138 e. The second kappa shape index (κ2) is 5.34. The molecule has 2 heterocycles. The molecule has 4 nitrogen and oxygen atoms in total. The molecule has 0 saturated carbocycles. The lowest BCUT2D eigenvalue weighted by molar-refractivity contribution is 0.0322. The summed E-state index contributed by atoms with van der Waals surface area (Å²) < 4.78 is 0. The van der Waals surface area contributed by atoms with Crippen molar-refractivity contribution in [2.45, 2.75) is 24.9 Å². The quantitative estimate of drug-likeness (QED) is 0.779. The Morgan fingerprint density at radius 2 is 2.14 bits per heavy atom. The van der Waals surface area contributed by atoms with Gasteiger partial charge in [0.05, 0.1) is 5.39 Å². The summed E-state index contributed by atoms with van der Waals surface area (Å²) in [6, 6.07) is 10.2. The zero-order valence-corrected chi connectivity index (χ0v) is 12.9. The van der Waals surface area contributed by atoms with E-state index in [1.165, 1.54) is 5.56 Å². The van der Waals surface area contributed by atoms with Crippen molar-refractivity contribution in [3.63, 3.8) is 0 Å². The lowest BCUT2D eigenvalue weighted by Crippen LogP contribution is -2.37. The molecule has 5 heteroatoms. The Balaban J connectivity index is 1.63. The van der Waals surface area contributed by atoms with Crippen LogP contribution >= 0.6 is 11.3 Å². The number of aliphatic hydroxyl groups is 1. The molecule has 4 rings (SSSR count). The number of thiophene rings is 1.